The summed E-state index contributed by atoms with van der Waals surface area (Å²) in [6, 6.07) is 18.9. The highest BCUT2D eigenvalue weighted by molar-refractivity contribution is 5.92. The van der Waals surface area contributed by atoms with E-state index in [1.54, 1.807) is 0 Å². The molecule has 0 unspecified atom stereocenters. The molecule has 1 amide bonds. The number of carbonyl (C=O) groups excluding carboxylic acids is 2. The minimum absolute atomic E-state index is 0.0408. The van der Waals surface area contributed by atoms with Gasteiger partial charge in [-0.15, -0.1) is 0 Å². The fraction of sp³-hybridized carbons (Fsp3) is 0.158. The van der Waals surface area contributed by atoms with E-state index in [1.807, 2.05) is 60.7 Å². The van der Waals surface area contributed by atoms with Crippen LogP contribution in [0.4, 0.5) is 4.79 Å². The molecule has 0 spiro atoms. The number of hydrogen-bond donors (Lipinski definition) is 2. The van der Waals surface area contributed by atoms with Crippen molar-refractivity contribution in [3.8, 4) is 0 Å². The second-order valence-corrected chi connectivity index (χ2v) is 5.52. The number of allylic oxidation sites excluding steroid dienone is 1. The second-order valence-electron chi connectivity index (χ2n) is 5.52. The Kier molecular flexibility index (Phi) is 4.91. The van der Waals surface area contributed by atoms with Gasteiger partial charge in [-0.05, 0) is 11.1 Å². The molecule has 1 atom stereocenters. The highest BCUT2D eigenvalue weighted by atomic mass is 16.5. The lowest BCUT2D eigenvalue weighted by Gasteiger charge is -2.25. The van der Waals surface area contributed by atoms with E-state index in [-0.39, 0.29) is 18.4 Å². The Bertz CT molecular complexity index is 742. The predicted octanol–water partition coefficient (Wildman–Crippen LogP) is 3.06. The van der Waals surface area contributed by atoms with Gasteiger partial charge in [-0.2, -0.15) is 0 Å². The summed E-state index contributed by atoms with van der Waals surface area (Å²) in [6.07, 6.45) is 1.15. The molecule has 2 N–H and O–H groups in total. The van der Waals surface area contributed by atoms with Gasteiger partial charge in [-0.25, -0.2) is 4.79 Å². The first-order chi connectivity index (χ1) is 11.7. The van der Waals surface area contributed by atoms with E-state index in [1.165, 1.54) is 6.08 Å². The molecular formula is C19H18N2O3. The molecule has 1 aliphatic heterocycles. The summed E-state index contributed by atoms with van der Waals surface area (Å²) >= 11 is 0. The highest BCUT2D eigenvalue weighted by Crippen LogP contribution is 2.21. The van der Waals surface area contributed by atoms with Crippen molar-refractivity contribution in [2.75, 3.05) is 0 Å². The molecule has 0 aliphatic carbocycles. The lowest BCUT2D eigenvalue weighted by atomic mass is 9.99. The topological polar surface area (TPSA) is 67.4 Å². The van der Waals surface area contributed by atoms with E-state index in [0.717, 1.165) is 11.1 Å². The average Bonchev–Trinajstić information content (AvgIpc) is 2.61. The molecule has 0 aromatic heterocycles. The van der Waals surface area contributed by atoms with Crippen LogP contribution >= 0.6 is 0 Å². The largest absolute Gasteiger partial charge is 0.444 e. The number of carbonyl (C=O) groups is 2. The average molecular weight is 322 g/mol. The first kappa shape index (κ1) is 15.8. The van der Waals surface area contributed by atoms with E-state index >= 15 is 0 Å². The lowest BCUT2D eigenvalue weighted by molar-refractivity contribution is -0.115. The molecule has 0 radical (unpaired) electrons. The molecule has 0 bridgehead atoms. The van der Waals surface area contributed by atoms with Crippen LogP contribution in [0, 0.1) is 0 Å². The minimum Gasteiger partial charge on any atom is -0.444 e. The molecule has 5 heteroatoms. The summed E-state index contributed by atoms with van der Waals surface area (Å²) in [5.41, 5.74) is 1.90. The van der Waals surface area contributed by atoms with Gasteiger partial charge >= 0.3 is 6.09 Å². The zero-order chi connectivity index (χ0) is 16.8. The maximum absolute atomic E-state index is 11.9. The number of hydrogen-bond acceptors (Lipinski definition) is 4. The van der Waals surface area contributed by atoms with Crippen molar-refractivity contribution in [3.05, 3.63) is 83.7 Å². The van der Waals surface area contributed by atoms with E-state index in [0.29, 0.717) is 12.2 Å². The van der Waals surface area contributed by atoms with Crippen molar-refractivity contribution in [2.24, 2.45) is 0 Å². The predicted molar refractivity (Wildman–Crippen MR) is 89.8 cm³/mol. The van der Waals surface area contributed by atoms with Crippen LogP contribution in [0.15, 0.2) is 72.6 Å². The van der Waals surface area contributed by atoms with E-state index in [2.05, 4.69) is 10.6 Å². The van der Waals surface area contributed by atoms with Crippen molar-refractivity contribution in [1.29, 1.82) is 0 Å². The van der Waals surface area contributed by atoms with Crippen LogP contribution in [0.25, 0.3) is 0 Å². The quantitative estimate of drug-likeness (QED) is 0.908. The van der Waals surface area contributed by atoms with Crippen molar-refractivity contribution in [2.45, 2.75) is 19.1 Å². The van der Waals surface area contributed by atoms with Gasteiger partial charge in [-0.1, -0.05) is 60.7 Å². The van der Waals surface area contributed by atoms with Gasteiger partial charge < -0.3 is 10.1 Å². The first-order valence-electron chi connectivity index (χ1n) is 7.74. The molecule has 1 aliphatic rings. The Hall–Kier alpha value is -3.08. The van der Waals surface area contributed by atoms with Crippen LogP contribution in [-0.4, -0.2) is 11.9 Å². The molecule has 122 valence electrons. The standard InChI is InChI=1S/C19H18N2O3/c22-16-11-17(15-9-5-2-6-10-15)20-18(12-16)21-19(23)24-13-14-7-3-1-4-8-14/h1-10,12,17,20H,11,13H2,(H,21,23)/t17-/m0/s1. The van der Waals surface area contributed by atoms with Crippen LogP contribution in [-0.2, 0) is 16.1 Å². The van der Waals surface area contributed by atoms with E-state index in [4.69, 9.17) is 4.74 Å². The third-order valence-corrected chi connectivity index (χ3v) is 3.69. The van der Waals surface area contributed by atoms with Crippen LogP contribution in [0.2, 0.25) is 0 Å². The van der Waals surface area contributed by atoms with Crippen molar-refractivity contribution in [1.82, 2.24) is 10.6 Å². The molecule has 0 saturated heterocycles. The Balaban J connectivity index is 1.58. The molecular weight excluding hydrogens is 304 g/mol. The monoisotopic (exact) mass is 322 g/mol. The summed E-state index contributed by atoms with van der Waals surface area (Å²) in [6.45, 7) is 0.177. The zero-order valence-electron chi connectivity index (χ0n) is 13.1. The van der Waals surface area contributed by atoms with Crippen molar-refractivity contribution < 1.29 is 14.3 Å². The van der Waals surface area contributed by atoms with Gasteiger partial charge in [0.15, 0.2) is 5.78 Å². The highest BCUT2D eigenvalue weighted by Gasteiger charge is 2.22. The zero-order valence-corrected chi connectivity index (χ0v) is 13.1. The van der Waals surface area contributed by atoms with Crippen LogP contribution in [0.5, 0.6) is 0 Å². The molecule has 0 saturated carbocycles. The molecule has 0 fully saturated rings. The number of alkyl carbamates (subject to hydrolysis) is 1. The Labute approximate surface area is 140 Å². The summed E-state index contributed by atoms with van der Waals surface area (Å²) in [5, 5.41) is 5.74. The Morgan fingerprint density at radius 1 is 1.08 bits per heavy atom. The van der Waals surface area contributed by atoms with E-state index < -0.39 is 6.09 Å². The summed E-state index contributed by atoms with van der Waals surface area (Å²) in [4.78, 5) is 23.8. The Morgan fingerprint density at radius 2 is 1.75 bits per heavy atom. The molecule has 2 aromatic carbocycles. The minimum atomic E-state index is -0.598. The van der Waals surface area contributed by atoms with Crippen LogP contribution in [0.1, 0.15) is 23.6 Å². The fourth-order valence-electron chi connectivity index (χ4n) is 2.53. The van der Waals surface area contributed by atoms with E-state index in [9.17, 15) is 9.59 Å². The molecule has 3 rings (SSSR count). The van der Waals surface area contributed by atoms with Crippen LogP contribution < -0.4 is 10.6 Å². The SMILES string of the molecule is O=C1C=C(NC(=O)OCc2ccccc2)N[C@H](c2ccccc2)C1. The van der Waals surface area contributed by atoms with Gasteiger partial charge in [-0.3, -0.25) is 10.1 Å². The Morgan fingerprint density at radius 3 is 2.46 bits per heavy atom. The summed E-state index contributed by atoms with van der Waals surface area (Å²) < 4.78 is 5.16. The molecule has 2 aromatic rings. The third kappa shape index (κ3) is 4.23. The number of rotatable bonds is 4. The smallest absolute Gasteiger partial charge is 0.413 e. The number of ketones is 1. The van der Waals surface area contributed by atoms with Crippen LogP contribution in [0.3, 0.4) is 0 Å². The number of amides is 1. The molecule has 24 heavy (non-hydrogen) atoms. The third-order valence-electron chi connectivity index (χ3n) is 3.69. The van der Waals surface area contributed by atoms with Crippen molar-refractivity contribution in [3.63, 3.8) is 0 Å². The maximum atomic E-state index is 11.9. The number of ether oxygens (including phenoxy) is 1. The lowest BCUT2D eigenvalue weighted by Crippen LogP contribution is -2.38. The van der Waals surface area contributed by atoms with Gasteiger partial charge in [0.1, 0.15) is 12.4 Å². The first-order valence-corrected chi connectivity index (χ1v) is 7.74. The molecule has 1 heterocycles. The van der Waals surface area contributed by atoms with Gasteiger partial charge in [0, 0.05) is 12.5 Å². The normalized spacial score (nSPS) is 16.8. The van der Waals surface area contributed by atoms with Gasteiger partial charge in [0.25, 0.3) is 0 Å². The second kappa shape index (κ2) is 7.46. The number of benzene rings is 2. The van der Waals surface area contributed by atoms with Gasteiger partial charge in [0.2, 0.25) is 0 Å². The summed E-state index contributed by atoms with van der Waals surface area (Å²) in [7, 11) is 0. The van der Waals surface area contributed by atoms with Gasteiger partial charge in [0.05, 0.1) is 6.04 Å². The maximum Gasteiger partial charge on any atom is 0.413 e. The fourth-order valence-corrected chi connectivity index (χ4v) is 2.53. The summed E-state index contributed by atoms with van der Waals surface area (Å²) in [5.74, 6) is 0.319. The van der Waals surface area contributed by atoms with Crippen molar-refractivity contribution >= 4 is 11.9 Å². The molecule has 5 nitrogen and oxygen atoms in total. The number of nitrogens with one attached hydrogen (secondary N) is 2.